The molecule has 0 radical (unpaired) electrons. The number of aryl methyl sites for hydroxylation is 1. The van der Waals surface area contributed by atoms with Crippen molar-refractivity contribution in [2.75, 3.05) is 27.5 Å². The molecule has 0 saturated heterocycles. The average molecular weight is 542 g/mol. The lowest BCUT2D eigenvalue weighted by Gasteiger charge is -2.36. The van der Waals surface area contributed by atoms with E-state index < -0.39 is 0 Å². The Bertz CT molecular complexity index is 1500. The molecule has 39 heavy (non-hydrogen) atoms. The molecule has 10 nitrogen and oxygen atoms in total. The molecule has 0 bridgehead atoms. The second-order valence-electron chi connectivity index (χ2n) is 8.73. The summed E-state index contributed by atoms with van der Waals surface area (Å²) in [7, 11) is 1.61. The predicted molar refractivity (Wildman–Crippen MR) is 153 cm³/mol. The minimum atomic E-state index is -0.334. The van der Waals surface area contributed by atoms with E-state index in [2.05, 4.69) is 34.1 Å². The van der Waals surface area contributed by atoms with Crippen LogP contribution in [0.5, 0.6) is 5.75 Å². The monoisotopic (exact) mass is 541 g/mol. The van der Waals surface area contributed by atoms with Crippen LogP contribution in [0.3, 0.4) is 0 Å². The molecule has 0 atom stereocenters. The summed E-state index contributed by atoms with van der Waals surface area (Å²) in [5, 5.41) is 7.84. The molecule has 3 amide bonds. The third-order valence-corrected chi connectivity index (χ3v) is 6.85. The number of nitrogens with zero attached hydrogens (tertiary/aromatic N) is 5. The van der Waals surface area contributed by atoms with E-state index in [0.717, 1.165) is 28.9 Å². The van der Waals surface area contributed by atoms with E-state index in [1.807, 2.05) is 35.7 Å². The molecule has 5 rings (SSSR count). The normalized spacial score (nSPS) is 12.6. The van der Waals surface area contributed by atoms with E-state index >= 15 is 0 Å². The molecule has 0 unspecified atom stereocenters. The van der Waals surface area contributed by atoms with Crippen LogP contribution >= 0.6 is 11.3 Å². The number of nitrogens with one attached hydrogen (secondary N) is 2. The summed E-state index contributed by atoms with van der Waals surface area (Å²) in [4.78, 5) is 42.8. The Morgan fingerprint density at radius 2 is 2.03 bits per heavy atom. The van der Waals surface area contributed by atoms with E-state index in [1.54, 1.807) is 40.7 Å². The van der Waals surface area contributed by atoms with E-state index in [9.17, 15) is 9.59 Å². The molecule has 0 aliphatic carbocycles. The van der Waals surface area contributed by atoms with E-state index in [4.69, 9.17) is 9.72 Å². The van der Waals surface area contributed by atoms with Crippen molar-refractivity contribution in [3.05, 3.63) is 89.0 Å². The second-order valence-corrected chi connectivity index (χ2v) is 9.45. The first-order valence-corrected chi connectivity index (χ1v) is 13.2. The van der Waals surface area contributed by atoms with Crippen LogP contribution in [-0.4, -0.2) is 34.0 Å². The highest BCUT2D eigenvalue weighted by molar-refractivity contribution is 7.07. The number of ether oxygens (including phenoxy) is 1. The Labute approximate surface area is 230 Å². The van der Waals surface area contributed by atoms with Gasteiger partial charge in [0.15, 0.2) is 0 Å². The van der Waals surface area contributed by atoms with Crippen LogP contribution in [0.2, 0.25) is 0 Å². The van der Waals surface area contributed by atoms with Crippen LogP contribution in [0.15, 0.2) is 72.2 Å². The van der Waals surface area contributed by atoms with E-state index in [1.165, 1.54) is 17.4 Å². The van der Waals surface area contributed by atoms with Gasteiger partial charge in [-0.25, -0.2) is 14.8 Å². The number of amides is 3. The van der Waals surface area contributed by atoms with Crippen LogP contribution in [0.25, 0.3) is 0 Å². The van der Waals surface area contributed by atoms with Crippen LogP contribution < -0.4 is 25.2 Å². The molecule has 2 aromatic carbocycles. The molecule has 2 aromatic heterocycles. The van der Waals surface area contributed by atoms with Gasteiger partial charge in [-0.15, -0.1) is 11.3 Å². The van der Waals surface area contributed by atoms with Crippen LogP contribution in [0.4, 0.5) is 33.6 Å². The van der Waals surface area contributed by atoms with Crippen molar-refractivity contribution in [3.8, 4) is 5.75 Å². The smallest absolute Gasteiger partial charge is 0.330 e. The fourth-order valence-electron chi connectivity index (χ4n) is 4.23. The van der Waals surface area contributed by atoms with Gasteiger partial charge in [0.1, 0.15) is 11.6 Å². The Morgan fingerprint density at radius 1 is 1.21 bits per heavy atom. The maximum Gasteiger partial charge on any atom is 0.330 e. The Morgan fingerprint density at radius 3 is 2.74 bits per heavy atom. The lowest BCUT2D eigenvalue weighted by Crippen LogP contribution is -2.47. The quantitative estimate of drug-likeness (QED) is 0.268. The summed E-state index contributed by atoms with van der Waals surface area (Å²) in [5.41, 5.74) is 6.22. The summed E-state index contributed by atoms with van der Waals surface area (Å²) >= 11 is 1.47. The predicted octanol–water partition coefficient (Wildman–Crippen LogP) is 5.52. The first-order chi connectivity index (χ1) is 19.0. The maximum absolute atomic E-state index is 13.9. The maximum atomic E-state index is 13.9. The van der Waals surface area contributed by atoms with Gasteiger partial charge in [0.25, 0.3) is 0 Å². The van der Waals surface area contributed by atoms with Crippen LogP contribution in [0.1, 0.15) is 23.7 Å². The fourth-order valence-corrected chi connectivity index (χ4v) is 4.78. The summed E-state index contributed by atoms with van der Waals surface area (Å²) in [6.45, 7) is 6.11. The van der Waals surface area contributed by atoms with Gasteiger partial charge in [-0.1, -0.05) is 25.6 Å². The lowest BCUT2D eigenvalue weighted by molar-refractivity contribution is -0.111. The van der Waals surface area contributed by atoms with Gasteiger partial charge in [-0.3, -0.25) is 14.6 Å². The van der Waals surface area contributed by atoms with Gasteiger partial charge in [0, 0.05) is 28.9 Å². The molecule has 11 heteroatoms. The first kappa shape index (κ1) is 25.9. The zero-order valence-corrected chi connectivity index (χ0v) is 22.4. The summed E-state index contributed by atoms with van der Waals surface area (Å²) in [6, 6.07) is 12.8. The van der Waals surface area contributed by atoms with Crippen molar-refractivity contribution in [1.29, 1.82) is 0 Å². The molecule has 1 aliphatic heterocycles. The number of carbonyl (C=O) groups is 2. The van der Waals surface area contributed by atoms with Crippen LogP contribution in [-0.2, 0) is 24.3 Å². The molecule has 1 aliphatic rings. The highest BCUT2D eigenvalue weighted by Crippen LogP contribution is 2.35. The number of benzene rings is 2. The molecule has 4 aromatic rings. The van der Waals surface area contributed by atoms with Gasteiger partial charge in [0.05, 0.1) is 42.8 Å². The molecule has 0 spiro atoms. The second kappa shape index (κ2) is 11.3. The zero-order chi connectivity index (χ0) is 27.4. The third-order valence-electron chi connectivity index (χ3n) is 6.21. The third kappa shape index (κ3) is 5.58. The van der Waals surface area contributed by atoms with Crippen molar-refractivity contribution in [2.45, 2.75) is 26.4 Å². The number of methoxy groups -OCH3 is 1. The van der Waals surface area contributed by atoms with Gasteiger partial charge < -0.3 is 15.4 Å². The first-order valence-electron chi connectivity index (χ1n) is 12.3. The lowest BCUT2D eigenvalue weighted by atomic mass is 10.1. The number of aromatic nitrogens is 3. The van der Waals surface area contributed by atoms with E-state index in [0.29, 0.717) is 29.5 Å². The number of urea groups is 1. The van der Waals surface area contributed by atoms with Crippen molar-refractivity contribution in [2.24, 2.45) is 0 Å². The van der Waals surface area contributed by atoms with E-state index in [-0.39, 0.29) is 24.4 Å². The molecule has 0 fully saturated rings. The SMILES string of the molecule is C=CC(=O)Nc1ccccc1Nc1ncc2c(n1)N(Cc1cscn1)C(=O)N(c1cc(CC)cc(OC)c1)C2. The molecule has 0 saturated carbocycles. The van der Waals surface area contributed by atoms with Crippen molar-refractivity contribution < 1.29 is 14.3 Å². The topological polar surface area (TPSA) is 113 Å². The standard InChI is InChI=1S/C28H27N7O3S/c1-4-18-10-21(12-22(11-18)38-3)34-14-19-13-29-27(32-24-9-7-6-8-23(24)31-25(36)5-2)33-26(19)35(28(34)37)15-20-16-39-17-30-20/h5-13,16-17H,2,4,14-15H2,1,3H3,(H,31,36)(H,29,32,33). The number of carbonyl (C=O) groups excluding carboxylic acids is 2. The molecule has 2 N–H and O–H groups in total. The van der Waals surface area contributed by atoms with Crippen LogP contribution in [0, 0.1) is 0 Å². The largest absolute Gasteiger partial charge is 0.497 e. The minimum absolute atomic E-state index is 0.228. The molecular weight excluding hydrogens is 514 g/mol. The van der Waals surface area contributed by atoms with Gasteiger partial charge in [-0.2, -0.15) is 4.98 Å². The zero-order valence-electron chi connectivity index (χ0n) is 21.5. The highest BCUT2D eigenvalue weighted by Gasteiger charge is 2.34. The Kier molecular flexibility index (Phi) is 7.50. The minimum Gasteiger partial charge on any atom is -0.497 e. The summed E-state index contributed by atoms with van der Waals surface area (Å²) in [5.74, 6) is 1.13. The average Bonchev–Trinajstić information content (AvgIpc) is 3.48. The Balaban J connectivity index is 1.52. The number of thiazole rings is 1. The van der Waals surface area contributed by atoms with Gasteiger partial charge in [-0.05, 0) is 42.3 Å². The number of para-hydroxylation sites is 2. The number of hydrogen-bond acceptors (Lipinski definition) is 8. The number of fused-ring (bicyclic) bond motifs is 1. The summed E-state index contributed by atoms with van der Waals surface area (Å²) in [6.07, 6.45) is 3.72. The molecular formula is C28H27N7O3S. The Hall–Kier alpha value is -4.77. The number of rotatable bonds is 9. The number of anilines is 5. The van der Waals surface area contributed by atoms with Crippen molar-refractivity contribution in [1.82, 2.24) is 15.0 Å². The van der Waals surface area contributed by atoms with Gasteiger partial charge in [0.2, 0.25) is 11.9 Å². The highest BCUT2D eigenvalue weighted by atomic mass is 32.1. The van der Waals surface area contributed by atoms with Gasteiger partial charge >= 0.3 is 6.03 Å². The fraction of sp³-hybridized carbons (Fsp3) is 0.179. The van der Waals surface area contributed by atoms with Crippen molar-refractivity contribution in [3.63, 3.8) is 0 Å². The summed E-state index contributed by atoms with van der Waals surface area (Å²) < 4.78 is 5.49. The molecule has 3 heterocycles. The number of hydrogen-bond donors (Lipinski definition) is 2. The van der Waals surface area contributed by atoms with Crippen molar-refractivity contribution >= 4 is 52.1 Å². The molecule has 198 valence electrons.